The molecule has 2 fully saturated rings. The minimum atomic E-state index is -0.390. The molecule has 2 saturated heterocycles. The van der Waals surface area contributed by atoms with Crippen LogP contribution in [-0.2, 0) is 4.74 Å². The molecule has 8 heteroatoms. The molecular formula is C26H37BrClN3O2S. The van der Waals surface area contributed by atoms with Crippen LogP contribution >= 0.6 is 39.3 Å². The molecule has 2 unspecified atom stereocenters. The van der Waals surface area contributed by atoms with Crippen molar-refractivity contribution in [1.29, 1.82) is 0 Å². The highest BCUT2D eigenvalue weighted by atomic mass is 79.9. The SMILES string of the molecule is CC(C)(C)OC(=O)N1CCCC(CBr)C1.Clc1cc2cnccc2cc1SCC1CCCNC1. The van der Waals surface area contributed by atoms with Gasteiger partial charge < -0.3 is 15.0 Å². The average Bonchev–Trinajstić information content (AvgIpc) is 2.83. The molecule has 188 valence electrons. The first-order valence-electron chi connectivity index (χ1n) is 12.2. The van der Waals surface area contributed by atoms with Gasteiger partial charge in [0.05, 0.1) is 5.02 Å². The normalized spacial score (nSPS) is 21.0. The number of alkyl halides is 1. The van der Waals surface area contributed by atoms with E-state index in [4.69, 9.17) is 16.3 Å². The van der Waals surface area contributed by atoms with Crippen molar-refractivity contribution in [2.75, 3.05) is 37.3 Å². The number of ether oxygens (including phenoxy) is 1. The molecule has 1 N–H and O–H groups in total. The first-order valence-corrected chi connectivity index (χ1v) is 14.6. The zero-order valence-corrected chi connectivity index (χ0v) is 23.6. The van der Waals surface area contributed by atoms with E-state index in [0.717, 1.165) is 53.5 Å². The Morgan fingerprint density at radius 2 is 2.06 bits per heavy atom. The molecule has 3 heterocycles. The molecule has 34 heavy (non-hydrogen) atoms. The van der Waals surface area contributed by atoms with Gasteiger partial charge in [0.15, 0.2) is 0 Å². The molecule has 0 saturated carbocycles. The second-order valence-electron chi connectivity index (χ2n) is 10.1. The van der Waals surface area contributed by atoms with E-state index in [1.165, 1.54) is 36.1 Å². The summed E-state index contributed by atoms with van der Waals surface area (Å²) in [5, 5.41) is 7.59. The molecule has 5 nitrogen and oxygen atoms in total. The highest BCUT2D eigenvalue weighted by molar-refractivity contribution is 9.09. The summed E-state index contributed by atoms with van der Waals surface area (Å²) in [4.78, 5) is 18.9. The smallest absolute Gasteiger partial charge is 0.410 e. The summed E-state index contributed by atoms with van der Waals surface area (Å²) >= 11 is 11.7. The van der Waals surface area contributed by atoms with E-state index in [1.807, 2.05) is 62.0 Å². The first-order chi connectivity index (χ1) is 16.2. The number of halogens is 2. The molecule has 0 bridgehead atoms. The van der Waals surface area contributed by atoms with Crippen LogP contribution in [0.5, 0.6) is 0 Å². The topological polar surface area (TPSA) is 54.5 Å². The zero-order valence-electron chi connectivity index (χ0n) is 20.5. The number of hydrogen-bond donors (Lipinski definition) is 1. The largest absolute Gasteiger partial charge is 0.444 e. The Labute approximate surface area is 221 Å². The number of benzene rings is 1. The molecule has 2 aliphatic rings. The van der Waals surface area contributed by atoms with Crippen LogP contribution in [-0.4, -0.2) is 58.8 Å². The minimum Gasteiger partial charge on any atom is -0.444 e. The number of piperidine rings is 2. The Bertz CT molecular complexity index is 934. The quantitative estimate of drug-likeness (QED) is 0.317. The highest BCUT2D eigenvalue weighted by Gasteiger charge is 2.26. The van der Waals surface area contributed by atoms with Gasteiger partial charge in [0, 0.05) is 46.8 Å². The van der Waals surface area contributed by atoms with Gasteiger partial charge in [0.2, 0.25) is 0 Å². The summed E-state index contributed by atoms with van der Waals surface area (Å²) in [6.45, 7) is 9.66. The second kappa shape index (κ2) is 13.3. The number of nitrogens with one attached hydrogen (secondary N) is 1. The lowest BCUT2D eigenvalue weighted by Crippen LogP contribution is -2.43. The van der Waals surface area contributed by atoms with Crippen LogP contribution in [0.1, 0.15) is 46.5 Å². The molecule has 0 spiro atoms. The van der Waals surface area contributed by atoms with E-state index in [0.29, 0.717) is 5.92 Å². The van der Waals surface area contributed by atoms with Crippen molar-refractivity contribution in [2.45, 2.75) is 57.0 Å². The van der Waals surface area contributed by atoms with E-state index in [9.17, 15) is 4.79 Å². The van der Waals surface area contributed by atoms with Gasteiger partial charge in [0.1, 0.15) is 5.60 Å². The van der Waals surface area contributed by atoms with Crippen molar-refractivity contribution in [3.8, 4) is 0 Å². The summed E-state index contributed by atoms with van der Waals surface area (Å²) in [5.74, 6) is 2.48. The fraction of sp³-hybridized carbons (Fsp3) is 0.615. The third-order valence-corrected chi connectivity index (χ3v) is 8.58. The molecule has 2 aliphatic heterocycles. The minimum absolute atomic E-state index is 0.173. The fourth-order valence-electron chi connectivity index (χ4n) is 4.16. The van der Waals surface area contributed by atoms with Crippen LogP contribution in [0.15, 0.2) is 35.5 Å². The predicted molar refractivity (Wildman–Crippen MR) is 147 cm³/mol. The van der Waals surface area contributed by atoms with E-state index < -0.39 is 5.60 Å². The van der Waals surface area contributed by atoms with Crippen LogP contribution in [0.4, 0.5) is 4.79 Å². The molecule has 0 radical (unpaired) electrons. The van der Waals surface area contributed by atoms with Crippen LogP contribution in [0.2, 0.25) is 5.02 Å². The van der Waals surface area contributed by atoms with Crippen molar-refractivity contribution < 1.29 is 9.53 Å². The lowest BCUT2D eigenvalue weighted by Gasteiger charge is -2.33. The maximum Gasteiger partial charge on any atom is 0.410 e. The maximum atomic E-state index is 11.8. The van der Waals surface area contributed by atoms with E-state index in [1.54, 1.807) is 0 Å². The molecule has 0 aliphatic carbocycles. The summed E-state index contributed by atoms with van der Waals surface area (Å²) in [7, 11) is 0. The number of likely N-dealkylation sites (tertiary alicyclic amines) is 1. The van der Waals surface area contributed by atoms with Gasteiger partial charge in [0.25, 0.3) is 0 Å². The van der Waals surface area contributed by atoms with Gasteiger partial charge in [-0.1, -0.05) is 27.5 Å². The van der Waals surface area contributed by atoms with Crippen LogP contribution < -0.4 is 5.32 Å². The standard InChI is InChI=1S/C15H17ClN2S.C11H20BrNO2/c16-14-6-13-9-18-5-3-12(13)7-15(14)19-10-11-2-1-4-17-8-11;1-11(2,3)15-10(14)13-6-4-5-9(7-12)8-13/h3,5-7,9,11,17H,1-2,4,8,10H2;9H,4-8H2,1-3H3. The Hall–Kier alpha value is -1.02. The number of nitrogens with zero attached hydrogens (tertiary/aromatic N) is 2. The van der Waals surface area contributed by atoms with Gasteiger partial charge in [-0.2, -0.15) is 0 Å². The zero-order chi connectivity index (χ0) is 24.6. The molecule has 1 amide bonds. The molecule has 2 aromatic rings. The molecule has 2 atom stereocenters. The van der Waals surface area contributed by atoms with Gasteiger partial charge in [-0.05, 0) is 95.0 Å². The van der Waals surface area contributed by atoms with Crippen LogP contribution in [0.25, 0.3) is 10.8 Å². The second-order valence-corrected chi connectivity index (χ2v) is 12.2. The van der Waals surface area contributed by atoms with E-state index in [2.05, 4.69) is 32.3 Å². The highest BCUT2D eigenvalue weighted by Crippen LogP contribution is 2.33. The monoisotopic (exact) mass is 569 g/mol. The van der Waals surface area contributed by atoms with Gasteiger partial charge >= 0.3 is 6.09 Å². The number of pyridine rings is 1. The maximum absolute atomic E-state index is 11.8. The number of rotatable bonds is 4. The number of fused-ring (bicyclic) bond motifs is 1. The Kier molecular flexibility index (Phi) is 10.8. The number of aromatic nitrogens is 1. The lowest BCUT2D eigenvalue weighted by atomic mass is 10.0. The first kappa shape index (κ1) is 27.6. The summed E-state index contributed by atoms with van der Waals surface area (Å²) in [6, 6.07) is 6.24. The predicted octanol–water partition coefficient (Wildman–Crippen LogP) is 7.01. The third kappa shape index (κ3) is 8.89. The van der Waals surface area contributed by atoms with E-state index in [-0.39, 0.29) is 6.09 Å². The van der Waals surface area contributed by atoms with Gasteiger partial charge in [-0.15, -0.1) is 11.8 Å². The number of thioether (sulfide) groups is 1. The van der Waals surface area contributed by atoms with Crippen molar-refractivity contribution >= 4 is 56.2 Å². The van der Waals surface area contributed by atoms with Crippen LogP contribution in [0, 0.1) is 11.8 Å². The third-order valence-electron chi connectivity index (χ3n) is 5.95. The number of amides is 1. The summed E-state index contributed by atoms with van der Waals surface area (Å²) in [6.07, 6.45) is 8.42. The van der Waals surface area contributed by atoms with Crippen molar-refractivity contribution in [2.24, 2.45) is 11.8 Å². The average molecular weight is 571 g/mol. The van der Waals surface area contributed by atoms with E-state index >= 15 is 0 Å². The van der Waals surface area contributed by atoms with Crippen molar-refractivity contribution in [3.63, 3.8) is 0 Å². The Balaban J connectivity index is 0.000000197. The summed E-state index contributed by atoms with van der Waals surface area (Å²) < 4.78 is 5.34. The van der Waals surface area contributed by atoms with Crippen molar-refractivity contribution in [3.05, 3.63) is 35.6 Å². The molecule has 1 aromatic heterocycles. The van der Waals surface area contributed by atoms with Gasteiger partial charge in [-0.25, -0.2) is 4.79 Å². The summed E-state index contributed by atoms with van der Waals surface area (Å²) in [5.41, 5.74) is -0.390. The molecule has 1 aromatic carbocycles. The Morgan fingerprint density at radius 1 is 1.26 bits per heavy atom. The van der Waals surface area contributed by atoms with Crippen molar-refractivity contribution in [1.82, 2.24) is 15.2 Å². The number of carbonyl (C=O) groups excluding carboxylic acids is 1. The molecular weight excluding hydrogens is 534 g/mol. The lowest BCUT2D eigenvalue weighted by molar-refractivity contribution is 0.0177. The fourth-order valence-corrected chi connectivity index (χ4v) is 6.13. The number of carbonyl (C=O) groups is 1. The molecule has 4 rings (SSSR count). The Morgan fingerprint density at radius 3 is 2.76 bits per heavy atom. The van der Waals surface area contributed by atoms with Crippen LogP contribution in [0.3, 0.4) is 0 Å². The number of hydrogen-bond acceptors (Lipinski definition) is 5. The van der Waals surface area contributed by atoms with Gasteiger partial charge in [-0.3, -0.25) is 4.98 Å².